The average molecular weight is 556 g/mol. The summed E-state index contributed by atoms with van der Waals surface area (Å²) in [5.74, 6) is 0.895. The number of rotatable bonds is 14. The van der Waals surface area contributed by atoms with Gasteiger partial charge in [0.25, 0.3) is 0 Å². The lowest BCUT2D eigenvalue weighted by Gasteiger charge is -2.30. The number of fused-ring (bicyclic) bond motifs is 1. The van der Waals surface area contributed by atoms with Crippen molar-refractivity contribution in [2.45, 2.75) is 45.6 Å². The van der Waals surface area contributed by atoms with Gasteiger partial charge in [-0.1, -0.05) is 68.4 Å². The normalized spacial score (nSPS) is 11.7. The van der Waals surface area contributed by atoms with E-state index in [2.05, 4.69) is 17.1 Å². The lowest BCUT2D eigenvalue weighted by atomic mass is 9.95. The first-order chi connectivity index (χ1) is 20.0. The Morgan fingerprint density at radius 2 is 1.59 bits per heavy atom. The van der Waals surface area contributed by atoms with E-state index < -0.39 is 0 Å². The first-order valence-corrected chi connectivity index (χ1v) is 14.4. The number of benzene rings is 3. The van der Waals surface area contributed by atoms with Gasteiger partial charge in [-0.25, -0.2) is 0 Å². The molecule has 1 N–H and O–H groups in total. The van der Waals surface area contributed by atoms with Crippen molar-refractivity contribution in [3.63, 3.8) is 0 Å². The highest BCUT2D eigenvalue weighted by molar-refractivity contribution is 5.89. The van der Waals surface area contributed by atoms with Crippen LogP contribution in [0.25, 0.3) is 10.9 Å². The predicted molar refractivity (Wildman–Crippen MR) is 163 cm³/mol. The van der Waals surface area contributed by atoms with Gasteiger partial charge in [0, 0.05) is 36.7 Å². The van der Waals surface area contributed by atoms with E-state index in [4.69, 9.17) is 9.47 Å². The van der Waals surface area contributed by atoms with Crippen molar-refractivity contribution in [2.75, 3.05) is 33.9 Å². The first kappa shape index (κ1) is 29.7. The van der Waals surface area contributed by atoms with E-state index in [9.17, 15) is 9.59 Å². The van der Waals surface area contributed by atoms with Crippen LogP contribution < -0.4 is 9.47 Å². The number of hydrogen-bond donors (Lipinski definition) is 1. The summed E-state index contributed by atoms with van der Waals surface area (Å²) in [5.41, 5.74) is 4.14. The summed E-state index contributed by atoms with van der Waals surface area (Å²) in [7, 11) is 3.21. The molecule has 7 nitrogen and oxygen atoms in total. The summed E-state index contributed by atoms with van der Waals surface area (Å²) < 4.78 is 10.9. The van der Waals surface area contributed by atoms with Crippen LogP contribution in [0.5, 0.6) is 11.5 Å². The molecular weight excluding hydrogens is 514 g/mol. The van der Waals surface area contributed by atoms with E-state index in [0.29, 0.717) is 44.0 Å². The predicted octanol–water partition coefficient (Wildman–Crippen LogP) is 6.19. The molecule has 0 saturated heterocycles. The second kappa shape index (κ2) is 14.4. The van der Waals surface area contributed by atoms with Gasteiger partial charge in [-0.05, 0) is 54.2 Å². The van der Waals surface area contributed by atoms with Crippen molar-refractivity contribution in [3.8, 4) is 11.5 Å². The Hall–Kier alpha value is -4.26. The van der Waals surface area contributed by atoms with E-state index in [0.717, 1.165) is 34.0 Å². The number of ether oxygens (including phenoxy) is 2. The Morgan fingerprint density at radius 3 is 2.29 bits per heavy atom. The van der Waals surface area contributed by atoms with Crippen LogP contribution in [0.15, 0.2) is 79.0 Å². The third-order valence-electron chi connectivity index (χ3n) is 7.54. The summed E-state index contributed by atoms with van der Waals surface area (Å²) in [6.45, 7) is 5.53. The molecule has 0 saturated carbocycles. The van der Waals surface area contributed by atoms with Crippen LogP contribution in [0.2, 0.25) is 0 Å². The van der Waals surface area contributed by atoms with E-state index in [1.54, 1.807) is 19.1 Å². The number of hydrogen-bond acceptors (Lipinski definition) is 4. The van der Waals surface area contributed by atoms with E-state index >= 15 is 0 Å². The minimum Gasteiger partial charge on any atom is -0.493 e. The summed E-state index contributed by atoms with van der Waals surface area (Å²) in [6, 6.07) is 23.7. The molecule has 41 heavy (non-hydrogen) atoms. The fourth-order valence-electron chi connectivity index (χ4n) is 5.34. The molecule has 1 heterocycles. The number of nitrogens with one attached hydrogen (secondary N) is 1. The third kappa shape index (κ3) is 7.28. The number of carbonyl (C=O) groups excluding carboxylic acids is 2. The third-order valence-corrected chi connectivity index (χ3v) is 7.54. The Balaban J connectivity index is 1.57. The Kier molecular flexibility index (Phi) is 10.4. The summed E-state index contributed by atoms with van der Waals surface area (Å²) in [4.78, 5) is 34.6. The highest BCUT2D eigenvalue weighted by Crippen LogP contribution is 2.28. The Bertz CT molecular complexity index is 1430. The molecule has 216 valence electrons. The number of amides is 2. The van der Waals surface area contributed by atoms with Crippen LogP contribution in [-0.2, 0) is 22.6 Å². The maximum Gasteiger partial charge on any atom is 0.242 e. The molecule has 4 rings (SSSR count). The molecular formula is C34H41N3O4. The molecule has 4 aromatic rings. The van der Waals surface area contributed by atoms with Crippen molar-refractivity contribution in [1.82, 2.24) is 14.8 Å². The smallest absolute Gasteiger partial charge is 0.242 e. The van der Waals surface area contributed by atoms with Gasteiger partial charge in [-0.15, -0.1) is 0 Å². The van der Waals surface area contributed by atoms with Gasteiger partial charge in [0.15, 0.2) is 11.5 Å². The number of aromatic nitrogens is 1. The van der Waals surface area contributed by atoms with Crippen molar-refractivity contribution in [2.24, 2.45) is 0 Å². The van der Waals surface area contributed by atoms with Gasteiger partial charge in [-0.2, -0.15) is 0 Å². The molecule has 0 spiro atoms. The van der Waals surface area contributed by atoms with Crippen LogP contribution in [-0.4, -0.2) is 60.5 Å². The molecule has 0 radical (unpaired) electrons. The van der Waals surface area contributed by atoms with Gasteiger partial charge >= 0.3 is 0 Å². The number of H-pyrrole nitrogens is 1. The second-order valence-corrected chi connectivity index (χ2v) is 10.2. The van der Waals surface area contributed by atoms with Crippen LogP contribution in [0.3, 0.4) is 0 Å². The SMILES string of the molecule is CCCN(CC(=O)N(CCc1c[nH]c2ccccc12)Cc1ccc(OC)c(OC)c1)C(=O)C(CC)c1ccccc1. The molecule has 0 aliphatic carbocycles. The van der Waals surface area contributed by atoms with Crippen molar-refractivity contribution in [1.29, 1.82) is 0 Å². The number of para-hydroxylation sites is 1. The lowest BCUT2D eigenvalue weighted by molar-refractivity contribution is -0.141. The molecule has 1 unspecified atom stereocenters. The quantitative estimate of drug-likeness (QED) is 0.201. The minimum absolute atomic E-state index is 0.00315. The van der Waals surface area contributed by atoms with Crippen LogP contribution >= 0.6 is 0 Å². The maximum absolute atomic E-state index is 14.0. The summed E-state index contributed by atoms with van der Waals surface area (Å²) in [5, 5.41) is 1.16. The second-order valence-electron chi connectivity index (χ2n) is 10.2. The zero-order chi connectivity index (χ0) is 29.2. The molecule has 0 bridgehead atoms. The number of nitrogens with zero attached hydrogens (tertiary/aromatic N) is 2. The van der Waals surface area contributed by atoms with E-state index in [-0.39, 0.29) is 24.3 Å². The topological polar surface area (TPSA) is 74.9 Å². The highest BCUT2D eigenvalue weighted by atomic mass is 16.5. The molecule has 1 atom stereocenters. The maximum atomic E-state index is 14.0. The van der Waals surface area contributed by atoms with Gasteiger partial charge < -0.3 is 24.3 Å². The molecule has 0 aliphatic rings. The zero-order valence-corrected chi connectivity index (χ0v) is 24.6. The van der Waals surface area contributed by atoms with Crippen molar-refractivity contribution < 1.29 is 19.1 Å². The molecule has 1 aromatic heterocycles. The van der Waals surface area contributed by atoms with Gasteiger partial charge in [0.2, 0.25) is 11.8 Å². The zero-order valence-electron chi connectivity index (χ0n) is 24.6. The van der Waals surface area contributed by atoms with Crippen molar-refractivity contribution in [3.05, 3.63) is 95.7 Å². The summed E-state index contributed by atoms with van der Waals surface area (Å²) in [6.07, 6.45) is 4.15. The van der Waals surface area contributed by atoms with E-state index in [1.165, 1.54) is 0 Å². The van der Waals surface area contributed by atoms with Gasteiger partial charge in [0.1, 0.15) is 0 Å². The molecule has 0 aliphatic heterocycles. The highest BCUT2D eigenvalue weighted by Gasteiger charge is 2.27. The van der Waals surface area contributed by atoms with Crippen LogP contribution in [0.4, 0.5) is 0 Å². The largest absolute Gasteiger partial charge is 0.493 e. The number of aromatic amines is 1. The molecule has 2 amide bonds. The minimum atomic E-state index is -0.277. The number of carbonyl (C=O) groups is 2. The Morgan fingerprint density at radius 1 is 0.854 bits per heavy atom. The first-order valence-electron chi connectivity index (χ1n) is 14.4. The van der Waals surface area contributed by atoms with Crippen LogP contribution in [0.1, 0.15) is 49.3 Å². The molecule has 3 aromatic carbocycles. The fraction of sp³-hybridized carbons (Fsp3) is 0.353. The molecule has 7 heteroatoms. The summed E-state index contributed by atoms with van der Waals surface area (Å²) >= 11 is 0. The van der Waals surface area contributed by atoms with Gasteiger partial charge in [-0.3, -0.25) is 9.59 Å². The lowest BCUT2D eigenvalue weighted by Crippen LogP contribution is -2.45. The standard InChI is InChI=1S/C34H41N3O4/c1-5-19-37(34(39)28(6-2)26-12-8-7-9-13-26)24-33(38)36(23-25-16-17-31(40-3)32(21-25)41-4)20-18-27-22-35-30-15-11-10-14-29(27)30/h7-17,21-22,28,35H,5-6,18-20,23-24H2,1-4H3. The van der Waals surface area contributed by atoms with Crippen LogP contribution in [0, 0.1) is 0 Å². The number of methoxy groups -OCH3 is 2. The Labute approximate surface area is 243 Å². The average Bonchev–Trinajstić information content (AvgIpc) is 3.42. The fourth-order valence-corrected chi connectivity index (χ4v) is 5.34. The van der Waals surface area contributed by atoms with E-state index in [1.807, 2.05) is 85.6 Å². The molecule has 0 fully saturated rings. The van der Waals surface area contributed by atoms with Gasteiger partial charge in [0.05, 0.1) is 26.7 Å². The monoisotopic (exact) mass is 555 g/mol. The van der Waals surface area contributed by atoms with Crippen molar-refractivity contribution >= 4 is 22.7 Å².